The third-order valence-electron chi connectivity index (χ3n) is 20.8. The van der Waals surface area contributed by atoms with Gasteiger partial charge >= 0.3 is 53.7 Å². The number of carboxylic acid groups (broad SMARTS) is 4. The summed E-state index contributed by atoms with van der Waals surface area (Å²) in [7, 11) is 0. The number of benzene rings is 4. The zero-order valence-electron chi connectivity index (χ0n) is 59.7. The fourth-order valence-electron chi connectivity index (χ4n) is 15.5. The minimum atomic E-state index is -2.56. The third kappa shape index (κ3) is 18.8. The number of Topliss-reactive ketones (excluding diaryl/α,β-unsaturated/α-hetero) is 1. The first-order chi connectivity index (χ1) is 50.2. The van der Waals surface area contributed by atoms with Crippen molar-refractivity contribution in [3.63, 3.8) is 0 Å². The van der Waals surface area contributed by atoms with Gasteiger partial charge in [0, 0.05) is 108 Å². The van der Waals surface area contributed by atoms with Crippen LogP contribution in [0.5, 0.6) is 0 Å². The Labute approximate surface area is 617 Å². The van der Waals surface area contributed by atoms with E-state index in [1.165, 1.54) is 52.0 Å². The van der Waals surface area contributed by atoms with Gasteiger partial charge in [0.15, 0.2) is 28.7 Å². The molecule has 1 amide bonds. The van der Waals surface area contributed by atoms with Gasteiger partial charge in [0.1, 0.15) is 30.0 Å². The van der Waals surface area contributed by atoms with Crippen LogP contribution in [0.1, 0.15) is 105 Å². The number of aliphatic carboxylic acids is 4. The van der Waals surface area contributed by atoms with Crippen LogP contribution in [0.3, 0.4) is 0 Å². The standard InChI is InChI=1S/C75H91N7O23S/c1-44-53(102-70(98)63(94)62(48-17-10-7-11-18-48)78-68(96)49-19-12-8-13-20-49)37-75(99)67(104-69(97)50-21-14-9-15-22-50)65-73(6,66(95)64(101-45(2)83)61(44)72(75,4)5)54(36-55-74(65,43-100-55)105-46(3)84)103-60(93)23-16-28-76-71(106)77-51-26-24-47(25-27-51)35-52-38-81(41-58(89)90)32-31-79(39-56(85)86)29-30-80(40-57(87)88)33-34-82(52)42-59(91)92/h7-15,17-22,24-27,52-55,62-65,67,94,99H,16,23,28-43H2,1-6H3,(H,78,96)(H,85,86)(H,87,88)(H,89,90)(H,91,92)(H2,76,77,106)/t52?,53-,54-,55+,62-,63+,64+,65-,67-,73+,74-,75+/m0/s1. The summed E-state index contributed by atoms with van der Waals surface area (Å²) in [5, 5.41) is 74.7. The molecule has 4 aromatic rings. The largest absolute Gasteiger partial charge is 0.480 e. The predicted octanol–water partition coefficient (Wildman–Crippen LogP) is 3.52. The first-order valence-corrected chi connectivity index (χ1v) is 35.3. The number of carboxylic acids is 4. The zero-order chi connectivity index (χ0) is 77.0. The topological polar surface area (TPSA) is 414 Å². The third-order valence-corrected chi connectivity index (χ3v) is 21.1. The Kier molecular flexibility index (Phi) is 26.4. The van der Waals surface area contributed by atoms with Crippen LogP contribution in [-0.2, 0) is 78.0 Å². The van der Waals surface area contributed by atoms with Crippen LogP contribution in [0.4, 0.5) is 5.69 Å². The van der Waals surface area contributed by atoms with Crippen LogP contribution >= 0.6 is 12.2 Å². The van der Waals surface area contributed by atoms with Gasteiger partial charge in [0.05, 0.1) is 55.7 Å². The molecule has 12 atom stereocenters. The molecule has 9 N–H and O–H groups in total. The number of hydrogen-bond donors (Lipinski definition) is 9. The lowest BCUT2D eigenvalue weighted by molar-refractivity contribution is -0.346. The number of aliphatic hydroxyl groups excluding tert-OH is 1. The number of nitrogens with zero attached hydrogens (tertiary/aromatic N) is 4. The molecular weight excluding hydrogens is 1400 g/mol. The lowest BCUT2D eigenvalue weighted by Crippen LogP contribution is -2.82. The van der Waals surface area contributed by atoms with Crippen LogP contribution in [0, 0.1) is 16.7 Å². The van der Waals surface area contributed by atoms with Crippen LogP contribution in [-0.4, -0.2) is 260 Å². The average Bonchev–Trinajstić information content (AvgIpc) is 0.667. The van der Waals surface area contributed by atoms with Crippen molar-refractivity contribution in [2.24, 2.45) is 16.7 Å². The molecule has 5 aliphatic rings. The first kappa shape index (κ1) is 80.5. The number of carbonyl (C=O) groups is 11. The minimum absolute atomic E-state index is 0.0147. The van der Waals surface area contributed by atoms with Crippen molar-refractivity contribution in [1.29, 1.82) is 0 Å². The molecule has 3 aliphatic carbocycles. The first-order valence-electron chi connectivity index (χ1n) is 34.9. The molecule has 0 aromatic heterocycles. The highest BCUT2D eigenvalue weighted by molar-refractivity contribution is 7.80. The summed E-state index contributed by atoms with van der Waals surface area (Å²) < 4.78 is 37.8. The van der Waals surface area contributed by atoms with Gasteiger partial charge in [-0.2, -0.15) is 0 Å². The monoisotopic (exact) mass is 1490 g/mol. The van der Waals surface area contributed by atoms with Gasteiger partial charge in [-0.05, 0) is 97.6 Å². The van der Waals surface area contributed by atoms with Crippen molar-refractivity contribution >= 4 is 88.4 Å². The number of aliphatic hydroxyl groups is 2. The van der Waals surface area contributed by atoms with Crippen molar-refractivity contribution in [3.05, 3.63) is 149 Å². The maximum Gasteiger partial charge on any atom is 0.338 e. The molecule has 106 heavy (non-hydrogen) atoms. The quantitative estimate of drug-likeness (QED) is 0.0143. The smallest absolute Gasteiger partial charge is 0.338 e. The molecule has 0 radical (unpaired) electrons. The van der Waals surface area contributed by atoms with Crippen LogP contribution < -0.4 is 16.0 Å². The number of rotatable bonds is 26. The summed E-state index contributed by atoms with van der Waals surface area (Å²) in [6.07, 6.45) is -11.5. The van der Waals surface area contributed by atoms with Gasteiger partial charge in [0.25, 0.3) is 5.91 Å². The molecule has 30 nitrogen and oxygen atoms in total. The second kappa shape index (κ2) is 34.8. The molecule has 4 aromatic carbocycles. The highest BCUT2D eigenvalue weighted by Gasteiger charge is 2.79. The van der Waals surface area contributed by atoms with Crippen molar-refractivity contribution in [3.8, 4) is 0 Å². The maximum atomic E-state index is 16.6. The highest BCUT2D eigenvalue weighted by atomic mass is 32.1. The van der Waals surface area contributed by atoms with E-state index in [1.807, 2.05) is 0 Å². The lowest BCUT2D eigenvalue weighted by atomic mass is 9.44. The van der Waals surface area contributed by atoms with Crippen molar-refractivity contribution in [2.45, 2.75) is 134 Å². The number of nitrogens with one attached hydrogen (secondary N) is 3. The second-order valence-corrected chi connectivity index (χ2v) is 28.6. The zero-order valence-corrected chi connectivity index (χ0v) is 60.5. The molecule has 2 saturated carbocycles. The second-order valence-electron chi connectivity index (χ2n) is 28.2. The summed E-state index contributed by atoms with van der Waals surface area (Å²) in [6, 6.07) is 28.7. The van der Waals surface area contributed by atoms with Crippen molar-refractivity contribution in [2.75, 3.05) is 90.5 Å². The van der Waals surface area contributed by atoms with Gasteiger partial charge in [0.2, 0.25) is 0 Å². The van der Waals surface area contributed by atoms with Crippen LogP contribution in [0.2, 0.25) is 0 Å². The number of amides is 1. The molecule has 570 valence electrons. The fourth-order valence-corrected chi connectivity index (χ4v) is 15.7. The summed E-state index contributed by atoms with van der Waals surface area (Å²) in [6.45, 7) is 6.92. The number of ketones is 1. The minimum Gasteiger partial charge on any atom is -0.480 e. The van der Waals surface area contributed by atoms with Gasteiger partial charge in [-0.25, -0.2) is 9.59 Å². The van der Waals surface area contributed by atoms with E-state index in [1.54, 1.807) is 111 Å². The average molecular weight is 1490 g/mol. The van der Waals surface area contributed by atoms with E-state index < -0.39 is 168 Å². The van der Waals surface area contributed by atoms with Crippen LogP contribution in [0.15, 0.2) is 126 Å². The van der Waals surface area contributed by atoms with E-state index in [9.17, 15) is 78.6 Å². The van der Waals surface area contributed by atoms with E-state index in [-0.39, 0.29) is 119 Å². The van der Waals surface area contributed by atoms with Gasteiger partial charge < -0.3 is 75.0 Å². The highest BCUT2D eigenvalue weighted by Crippen LogP contribution is 2.65. The van der Waals surface area contributed by atoms with E-state index in [4.69, 9.17) is 40.6 Å². The number of esters is 5. The van der Waals surface area contributed by atoms with Crippen LogP contribution in [0.25, 0.3) is 0 Å². The molecule has 1 unspecified atom stereocenters. The van der Waals surface area contributed by atoms with E-state index >= 15 is 4.79 Å². The summed E-state index contributed by atoms with van der Waals surface area (Å²) in [5.41, 5.74) is -6.88. The number of carbonyl (C=O) groups excluding carboxylic acids is 7. The maximum absolute atomic E-state index is 16.6. The van der Waals surface area contributed by atoms with Gasteiger partial charge in [-0.15, -0.1) is 0 Å². The molecule has 2 bridgehead atoms. The number of hydrogen-bond acceptors (Lipinski definition) is 24. The number of ether oxygens (including phenoxy) is 6. The number of fused-ring (bicyclic) bond motifs is 5. The van der Waals surface area contributed by atoms with E-state index in [2.05, 4.69) is 16.0 Å². The molecule has 4 fully saturated rings. The Balaban J connectivity index is 0.964. The fraction of sp³-hybridized carbons (Fsp3) is 0.493. The predicted molar refractivity (Wildman–Crippen MR) is 380 cm³/mol. The molecule has 9 rings (SSSR count). The molecular formula is C75H91N7O23S. The lowest BCUT2D eigenvalue weighted by Gasteiger charge is -2.67. The van der Waals surface area contributed by atoms with Gasteiger partial charge in [-0.3, -0.25) is 62.8 Å². The summed E-state index contributed by atoms with van der Waals surface area (Å²) >= 11 is 5.65. The molecule has 2 aliphatic heterocycles. The Bertz CT molecular complexity index is 3940. The normalized spacial score (nSPS) is 26.2. The van der Waals surface area contributed by atoms with E-state index in [0.717, 1.165) is 13.8 Å². The van der Waals surface area contributed by atoms with Crippen molar-refractivity contribution < 1.29 is 112 Å². The summed E-state index contributed by atoms with van der Waals surface area (Å²) in [4.78, 5) is 156. The Morgan fingerprint density at radius 2 is 1.24 bits per heavy atom. The molecule has 2 heterocycles. The SMILES string of the molecule is CC(=O)O[C@H]1C(=O)[C@]2(C)[C@@H](OC(=O)CCCNC(=S)Nc3ccc(CC4CN(CC(=O)O)CCN(CC(=O)O)CCN(CC(=O)O)CCN4CC(=O)O)cc3)C[C@H]3OC[C@@]3(OC(C)=O)[C@H]2[C@H](OC(=O)c2ccccc2)[C@]2(O)C[C@H](OC(=O)[C@H](O)[C@@H](NC(=O)c3ccccc3)c3ccccc3)C(C)=C1C2(C)C. The van der Waals surface area contributed by atoms with Gasteiger partial charge in [-0.1, -0.05) is 92.7 Å². The Morgan fingerprint density at radius 1 is 0.679 bits per heavy atom. The van der Waals surface area contributed by atoms with Crippen molar-refractivity contribution in [1.82, 2.24) is 30.2 Å². The van der Waals surface area contributed by atoms with E-state index in [0.29, 0.717) is 16.8 Å². The summed E-state index contributed by atoms with van der Waals surface area (Å²) in [5.74, 6) is -12.9. The number of anilines is 1. The Morgan fingerprint density at radius 3 is 1.79 bits per heavy atom. The Hall–Kier alpha value is -9.60. The molecule has 0 spiro atoms. The molecule has 2 saturated heterocycles. The molecule has 31 heteroatoms. The number of thiocarbonyl (C=S) groups is 1.